The van der Waals surface area contributed by atoms with E-state index in [9.17, 15) is 4.79 Å². The number of nitrogens with zero attached hydrogens (tertiary/aromatic N) is 1. The maximum atomic E-state index is 12.8. The summed E-state index contributed by atoms with van der Waals surface area (Å²) in [5.41, 5.74) is 1.40. The third-order valence-electron chi connectivity index (χ3n) is 5.15. The molecule has 0 bridgehead atoms. The monoisotopic (exact) mass is 337 g/mol. The Balaban J connectivity index is 2.12. The highest BCUT2D eigenvalue weighted by Crippen LogP contribution is 2.68. The molecule has 1 aromatic rings. The summed E-state index contributed by atoms with van der Waals surface area (Å²) in [5.74, 6) is 0.432. The second-order valence-electron chi connectivity index (χ2n) is 6.81. The minimum absolute atomic E-state index is 0.103. The van der Waals surface area contributed by atoms with Crippen molar-refractivity contribution in [2.45, 2.75) is 34.2 Å². The van der Waals surface area contributed by atoms with E-state index in [0.717, 1.165) is 11.9 Å². The zero-order chi connectivity index (χ0) is 15.0. The van der Waals surface area contributed by atoms with Gasteiger partial charge in [-0.1, -0.05) is 74.0 Å². The van der Waals surface area contributed by atoms with E-state index in [1.165, 1.54) is 5.56 Å². The summed E-state index contributed by atoms with van der Waals surface area (Å²) in [4.78, 5) is 14.8. The van der Waals surface area contributed by atoms with Gasteiger partial charge in [-0.05, 0) is 16.4 Å². The third kappa shape index (κ3) is 2.65. The first-order valence-corrected chi connectivity index (χ1v) is 8.33. The molecule has 1 aromatic carbocycles. The summed E-state index contributed by atoms with van der Waals surface area (Å²) >= 11 is 3.46. The minimum atomic E-state index is 0.103. The number of halogens is 1. The first-order chi connectivity index (χ1) is 9.32. The fourth-order valence-electron chi connectivity index (χ4n) is 3.17. The number of carbonyl (C=O) groups excluding carboxylic acids is 1. The Hall–Kier alpha value is -0.830. The molecule has 3 heteroatoms. The lowest BCUT2D eigenvalue weighted by molar-refractivity contribution is -0.134. The van der Waals surface area contributed by atoms with E-state index in [4.69, 9.17) is 0 Å². The second kappa shape index (κ2) is 5.51. The highest BCUT2D eigenvalue weighted by molar-refractivity contribution is 9.09. The molecule has 0 aliphatic heterocycles. The van der Waals surface area contributed by atoms with Gasteiger partial charge in [-0.2, -0.15) is 0 Å². The Bertz CT molecular complexity index is 467. The molecule has 0 N–H and O–H groups in total. The second-order valence-corrected chi connectivity index (χ2v) is 7.60. The summed E-state index contributed by atoms with van der Waals surface area (Å²) in [6.07, 6.45) is 0. The quantitative estimate of drug-likeness (QED) is 0.741. The van der Waals surface area contributed by atoms with Crippen LogP contribution in [0.4, 0.5) is 0 Å². The molecule has 1 saturated carbocycles. The van der Waals surface area contributed by atoms with Gasteiger partial charge < -0.3 is 4.90 Å². The summed E-state index contributed by atoms with van der Waals surface area (Å²) in [6, 6.07) is 10.2. The molecule has 1 aliphatic rings. The first-order valence-electron chi connectivity index (χ1n) is 7.21. The predicted molar refractivity (Wildman–Crippen MR) is 86.7 cm³/mol. The van der Waals surface area contributed by atoms with Crippen molar-refractivity contribution < 1.29 is 4.79 Å². The van der Waals surface area contributed by atoms with E-state index < -0.39 is 0 Å². The van der Waals surface area contributed by atoms with Crippen LogP contribution < -0.4 is 0 Å². The molecule has 1 amide bonds. The topological polar surface area (TPSA) is 20.3 Å². The SMILES string of the molecule is CC1(C)C(C(=O)N(CCBr)Cc2ccccc2)C1(C)C. The van der Waals surface area contributed by atoms with Gasteiger partial charge in [0, 0.05) is 24.3 Å². The molecule has 1 fully saturated rings. The van der Waals surface area contributed by atoms with Crippen LogP contribution in [0.3, 0.4) is 0 Å². The largest absolute Gasteiger partial charge is 0.337 e. The molecule has 0 aromatic heterocycles. The maximum Gasteiger partial charge on any atom is 0.227 e. The molecule has 0 atom stereocenters. The zero-order valence-electron chi connectivity index (χ0n) is 12.8. The lowest BCUT2D eigenvalue weighted by atomic mass is 10.0. The van der Waals surface area contributed by atoms with Crippen LogP contribution in [-0.2, 0) is 11.3 Å². The average molecular weight is 338 g/mol. The predicted octanol–water partition coefficient (Wildman–Crippen LogP) is 4.09. The Morgan fingerprint density at radius 3 is 2.15 bits per heavy atom. The van der Waals surface area contributed by atoms with Crippen molar-refractivity contribution in [2.75, 3.05) is 11.9 Å². The fourth-order valence-corrected chi connectivity index (χ4v) is 3.60. The number of hydrogen-bond acceptors (Lipinski definition) is 1. The van der Waals surface area contributed by atoms with Gasteiger partial charge in [0.25, 0.3) is 0 Å². The molecule has 0 saturated heterocycles. The van der Waals surface area contributed by atoms with Crippen LogP contribution in [0.1, 0.15) is 33.3 Å². The molecular formula is C17H24BrNO. The number of rotatable bonds is 5. The Labute approximate surface area is 130 Å². The molecule has 0 spiro atoms. The summed E-state index contributed by atoms with van der Waals surface area (Å²) in [5, 5.41) is 0.819. The zero-order valence-corrected chi connectivity index (χ0v) is 14.4. The molecule has 0 radical (unpaired) electrons. The van der Waals surface area contributed by atoms with Gasteiger partial charge in [0.1, 0.15) is 0 Å². The van der Waals surface area contributed by atoms with Gasteiger partial charge in [0.2, 0.25) is 5.91 Å². The molecular weight excluding hydrogens is 314 g/mol. The molecule has 20 heavy (non-hydrogen) atoms. The van der Waals surface area contributed by atoms with Gasteiger partial charge >= 0.3 is 0 Å². The summed E-state index contributed by atoms with van der Waals surface area (Å²) in [7, 11) is 0. The number of amides is 1. The lowest BCUT2D eigenvalue weighted by Gasteiger charge is -2.23. The van der Waals surface area contributed by atoms with E-state index in [1.54, 1.807) is 0 Å². The summed E-state index contributed by atoms with van der Waals surface area (Å²) < 4.78 is 0. The number of alkyl halides is 1. The van der Waals surface area contributed by atoms with Crippen molar-refractivity contribution in [3.05, 3.63) is 35.9 Å². The van der Waals surface area contributed by atoms with Crippen LogP contribution in [0.2, 0.25) is 0 Å². The van der Waals surface area contributed by atoms with Crippen LogP contribution in [-0.4, -0.2) is 22.7 Å². The highest BCUT2D eigenvalue weighted by atomic mass is 79.9. The Morgan fingerprint density at radius 1 is 1.15 bits per heavy atom. The minimum Gasteiger partial charge on any atom is -0.337 e. The van der Waals surface area contributed by atoms with Crippen molar-refractivity contribution >= 4 is 21.8 Å². The molecule has 1 aliphatic carbocycles. The van der Waals surface area contributed by atoms with Gasteiger partial charge in [-0.3, -0.25) is 4.79 Å². The molecule has 110 valence electrons. The van der Waals surface area contributed by atoms with Gasteiger partial charge in [-0.15, -0.1) is 0 Å². The number of benzene rings is 1. The van der Waals surface area contributed by atoms with E-state index in [1.807, 2.05) is 23.1 Å². The van der Waals surface area contributed by atoms with Gasteiger partial charge in [-0.25, -0.2) is 0 Å². The van der Waals surface area contributed by atoms with Crippen molar-refractivity contribution in [2.24, 2.45) is 16.7 Å². The molecule has 2 rings (SSSR count). The van der Waals surface area contributed by atoms with E-state index in [2.05, 4.69) is 55.8 Å². The van der Waals surface area contributed by atoms with Crippen LogP contribution >= 0.6 is 15.9 Å². The van der Waals surface area contributed by atoms with E-state index >= 15 is 0 Å². The number of hydrogen-bond donors (Lipinski definition) is 0. The Morgan fingerprint density at radius 2 is 1.70 bits per heavy atom. The van der Waals surface area contributed by atoms with Crippen LogP contribution in [0, 0.1) is 16.7 Å². The summed E-state index contributed by atoms with van der Waals surface area (Å²) in [6.45, 7) is 10.3. The first kappa shape index (κ1) is 15.6. The van der Waals surface area contributed by atoms with Crippen LogP contribution in [0.5, 0.6) is 0 Å². The van der Waals surface area contributed by atoms with Crippen molar-refractivity contribution in [1.29, 1.82) is 0 Å². The highest BCUT2D eigenvalue weighted by Gasteiger charge is 2.68. The molecule has 2 nitrogen and oxygen atoms in total. The lowest BCUT2D eigenvalue weighted by Crippen LogP contribution is -2.35. The van der Waals surface area contributed by atoms with Gasteiger partial charge in [0.15, 0.2) is 0 Å². The Kier molecular flexibility index (Phi) is 4.29. The third-order valence-corrected chi connectivity index (χ3v) is 5.50. The average Bonchev–Trinajstić information content (AvgIpc) is 2.80. The molecule has 0 heterocycles. The molecule has 0 unspecified atom stereocenters. The maximum absolute atomic E-state index is 12.8. The van der Waals surface area contributed by atoms with Crippen molar-refractivity contribution in [3.8, 4) is 0 Å². The van der Waals surface area contributed by atoms with Crippen molar-refractivity contribution in [3.63, 3.8) is 0 Å². The van der Waals surface area contributed by atoms with Crippen molar-refractivity contribution in [1.82, 2.24) is 4.90 Å². The smallest absolute Gasteiger partial charge is 0.227 e. The van der Waals surface area contributed by atoms with Crippen LogP contribution in [0.25, 0.3) is 0 Å². The van der Waals surface area contributed by atoms with Crippen LogP contribution in [0.15, 0.2) is 30.3 Å². The number of carbonyl (C=O) groups is 1. The fraction of sp³-hybridized carbons (Fsp3) is 0.588. The normalized spacial score (nSPS) is 19.6. The van der Waals surface area contributed by atoms with Gasteiger partial charge in [0.05, 0.1) is 0 Å². The van der Waals surface area contributed by atoms with E-state index in [0.29, 0.717) is 12.5 Å². The van der Waals surface area contributed by atoms with E-state index in [-0.39, 0.29) is 16.7 Å². The standard InChI is InChI=1S/C17H24BrNO/c1-16(2)14(17(16,3)4)15(20)19(11-10-18)12-13-8-6-5-7-9-13/h5-9,14H,10-12H2,1-4H3.